The molecule has 2 atom stereocenters. The molecule has 1 aromatic rings. The molecule has 2 unspecified atom stereocenters. The van der Waals surface area contributed by atoms with E-state index in [9.17, 15) is 0 Å². The average Bonchev–Trinajstić information content (AvgIpc) is 2.98. The van der Waals surface area contributed by atoms with Crippen molar-refractivity contribution in [3.8, 4) is 0 Å². The summed E-state index contributed by atoms with van der Waals surface area (Å²) in [6.45, 7) is 6.85. The fourth-order valence-corrected chi connectivity index (χ4v) is 2.95. The van der Waals surface area contributed by atoms with Crippen molar-refractivity contribution in [2.45, 2.75) is 71.4 Å². The van der Waals surface area contributed by atoms with Crippen LogP contribution in [0.4, 0.5) is 5.95 Å². The second kappa shape index (κ2) is 6.26. The molecule has 3 nitrogen and oxygen atoms in total. The highest BCUT2D eigenvalue weighted by Crippen LogP contribution is 2.31. The van der Waals surface area contributed by atoms with E-state index in [1.54, 1.807) is 0 Å². The lowest BCUT2D eigenvalue weighted by Crippen LogP contribution is -2.21. The SMILES string of the molecule is CCC(C)CC(C)Nc1nccn1C1CCCC1. The van der Waals surface area contributed by atoms with Crippen molar-refractivity contribution in [3.05, 3.63) is 12.4 Å². The molecule has 2 rings (SSSR count). The minimum atomic E-state index is 0.502. The van der Waals surface area contributed by atoms with Crippen LogP contribution in [0.25, 0.3) is 0 Å². The number of anilines is 1. The van der Waals surface area contributed by atoms with Gasteiger partial charge in [0.2, 0.25) is 5.95 Å². The van der Waals surface area contributed by atoms with E-state index in [4.69, 9.17) is 0 Å². The molecule has 1 fully saturated rings. The summed E-state index contributed by atoms with van der Waals surface area (Å²) in [7, 11) is 0. The number of aromatic nitrogens is 2. The zero-order chi connectivity index (χ0) is 13.0. The maximum atomic E-state index is 4.49. The Kier molecular flexibility index (Phi) is 4.67. The van der Waals surface area contributed by atoms with Crippen LogP contribution >= 0.6 is 0 Å². The summed E-state index contributed by atoms with van der Waals surface area (Å²) in [5.74, 6) is 1.85. The van der Waals surface area contributed by atoms with Gasteiger partial charge in [-0.15, -0.1) is 0 Å². The molecule has 0 amide bonds. The molecule has 1 aromatic heterocycles. The molecular formula is C15H27N3. The van der Waals surface area contributed by atoms with E-state index in [1.807, 2.05) is 6.20 Å². The van der Waals surface area contributed by atoms with Gasteiger partial charge in [0.1, 0.15) is 0 Å². The Hall–Kier alpha value is -0.990. The summed E-state index contributed by atoms with van der Waals surface area (Å²) in [5.41, 5.74) is 0. The quantitative estimate of drug-likeness (QED) is 0.817. The summed E-state index contributed by atoms with van der Waals surface area (Å²) in [4.78, 5) is 4.49. The monoisotopic (exact) mass is 249 g/mol. The van der Waals surface area contributed by atoms with Crippen LogP contribution in [0.1, 0.15) is 65.3 Å². The number of rotatable bonds is 6. The van der Waals surface area contributed by atoms with E-state index in [0.717, 1.165) is 11.9 Å². The molecule has 102 valence electrons. The van der Waals surface area contributed by atoms with Crippen LogP contribution in [0.3, 0.4) is 0 Å². The third-order valence-electron chi connectivity index (χ3n) is 4.22. The Morgan fingerprint density at radius 1 is 1.39 bits per heavy atom. The molecule has 1 saturated carbocycles. The molecule has 0 spiro atoms. The van der Waals surface area contributed by atoms with Gasteiger partial charge in [0.15, 0.2) is 0 Å². The molecular weight excluding hydrogens is 222 g/mol. The number of nitrogens with one attached hydrogen (secondary N) is 1. The van der Waals surface area contributed by atoms with Gasteiger partial charge in [-0.05, 0) is 32.1 Å². The molecule has 0 saturated heterocycles. The van der Waals surface area contributed by atoms with Crippen molar-refractivity contribution in [1.29, 1.82) is 0 Å². The van der Waals surface area contributed by atoms with Crippen LogP contribution in [-0.2, 0) is 0 Å². The Morgan fingerprint density at radius 3 is 2.78 bits per heavy atom. The third kappa shape index (κ3) is 3.27. The highest BCUT2D eigenvalue weighted by Gasteiger charge is 2.20. The van der Waals surface area contributed by atoms with Crippen molar-refractivity contribution in [2.75, 3.05) is 5.32 Å². The highest BCUT2D eigenvalue weighted by molar-refractivity contribution is 5.28. The van der Waals surface area contributed by atoms with Crippen LogP contribution < -0.4 is 5.32 Å². The Balaban J connectivity index is 1.94. The third-order valence-corrected chi connectivity index (χ3v) is 4.22. The molecule has 1 N–H and O–H groups in total. The first kappa shape index (κ1) is 13.4. The molecule has 3 heteroatoms. The van der Waals surface area contributed by atoms with Gasteiger partial charge in [-0.25, -0.2) is 4.98 Å². The second-order valence-electron chi connectivity index (χ2n) is 5.89. The van der Waals surface area contributed by atoms with Gasteiger partial charge in [-0.3, -0.25) is 0 Å². The Bertz CT molecular complexity index is 352. The zero-order valence-corrected chi connectivity index (χ0v) is 12.0. The largest absolute Gasteiger partial charge is 0.353 e. The van der Waals surface area contributed by atoms with E-state index in [0.29, 0.717) is 12.1 Å². The normalized spacial score (nSPS) is 19.9. The predicted molar refractivity (Wildman–Crippen MR) is 76.9 cm³/mol. The predicted octanol–water partition coefficient (Wildman–Crippen LogP) is 4.23. The van der Waals surface area contributed by atoms with Gasteiger partial charge < -0.3 is 9.88 Å². The summed E-state index contributed by atoms with van der Waals surface area (Å²) in [6.07, 6.45) is 11.9. The first-order chi connectivity index (χ1) is 8.70. The summed E-state index contributed by atoms with van der Waals surface area (Å²) in [6, 6.07) is 1.17. The minimum absolute atomic E-state index is 0.502. The summed E-state index contributed by atoms with van der Waals surface area (Å²) >= 11 is 0. The van der Waals surface area contributed by atoms with Crippen molar-refractivity contribution in [2.24, 2.45) is 5.92 Å². The van der Waals surface area contributed by atoms with Gasteiger partial charge in [-0.2, -0.15) is 0 Å². The smallest absolute Gasteiger partial charge is 0.203 e. The van der Waals surface area contributed by atoms with Gasteiger partial charge in [-0.1, -0.05) is 33.1 Å². The fourth-order valence-electron chi connectivity index (χ4n) is 2.95. The van der Waals surface area contributed by atoms with Gasteiger partial charge in [0, 0.05) is 24.5 Å². The molecule has 1 heterocycles. The Labute approximate surface area is 111 Å². The van der Waals surface area contributed by atoms with Crippen LogP contribution in [0.5, 0.6) is 0 Å². The number of hydrogen-bond acceptors (Lipinski definition) is 2. The van der Waals surface area contributed by atoms with E-state index >= 15 is 0 Å². The molecule has 18 heavy (non-hydrogen) atoms. The molecule has 0 aliphatic heterocycles. The maximum absolute atomic E-state index is 4.49. The molecule has 1 aliphatic rings. The van der Waals surface area contributed by atoms with Crippen LogP contribution in [0.15, 0.2) is 12.4 Å². The lowest BCUT2D eigenvalue weighted by Gasteiger charge is -2.21. The first-order valence-corrected chi connectivity index (χ1v) is 7.50. The second-order valence-corrected chi connectivity index (χ2v) is 5.89. The van der Waals surface area contributed by atoms with Crippen molar-refractivity contribution >= 4 is 5.95 Å². The average molecular weight is 249 g/mol. The molecule has 0 bridgehead atoms. The highest BCUT2D eigenvalue weighted by atomic mass is 15.2. The maximum Gasteiger partial charge on any atom is 0.203 e. The van der Waals surface area contributed by atoms with Crippen LogP contribution in [-0.4, -0.2) is 15.6 Å². The lowest BCUT2D eigenvalue weighted by atomic mass is 10.0. The fraction of sp³-hybridized carbons (Fsp3) is 0.800. The summed E-state index contributed by atoms with van der Waals surface area (Å²) in [5, 5.41) is 3.58. The zero-order valence-electron chi connectivity index (χ0n) is 12.0. The van der Waals surface area contributed by atoms with E-state index in [2.05, 4.69) is 41.8 Å². The van der Waals surface area contributed by atoms with E-state index in [-0.39, 0.29) is 0 Å². The Morgan fingerprint density at radius 2 is 2.11 bits per heavy atom. The van der Waals surface area contributed by atoms with Gasteiger partial charge in [0.05, 0.1) is 0 Å². The number of imidazole rings is 1. The molecule has 0 aromatic carbocycles. The van der Waals surface area contributed by atoms with E-state index < -0.39 is 0 Å². The first-order valence-electron chi connectivity index (χ1n) is 7.50. The molecule has 1 aliphatic carbocycles. The summed E-state index contributed by atoms with van der Waals surface area (Å²) < 4.78 is 2.35. The topological polar surface area (TPSA) is 29.9 Å². The molecule has 0 radical (unpaired) electrons. The number of hydrogen-bond donors (Lipinski definition) is 1. The van der Waals surface area contributed by atoms with Crippen molar-refractivity contribution in [3.63, 3.8) is 0 Å². The standard InChI is InChI=1S/C15H27N3/c1-4-12(2)11-13(3)17-15-16-9-10-18(15)14-7-5-6-8-14/h9-10,12-14H,4-8,11H2,1-3H3,(H,16,17). The van der Waals surface area contributed by atoms with E-state index in [1.165, 1.54) is 38.5 Å². The van der Waals surface area contributed by atoms with Crippen molar-refractivity contribution < 1.29 is 0 Å². The lowest BCUT2D eigenvalue weighted by molar-refractivity contribution is 0.475. The van der Waals surface area contributed by atoms with Crippen molar-refractivity contribution in [1.82, 2.24) is 9.55 Å². The minimum Gasteiger partial charge on any atom is -0.353 e. The number of nitrogens with zero attached hydrogens (tertiary/aromatic N) is 2. The van der Waals surface area contributed by atoms with Gasteiger partial charge in [0.25, 0.3) is 0 Å². The van der Waals surface area contributed by atoms with Crippen LogP contribution in [0.2, 0.25) is 0 Å². The van der Waals surface area contributed by atoms with Gasteiger partial charge >= 0.3 is 0 Å². The van der Waals surface area contributed by atoms with Crippen LogP contribution in [0, 0.1) is 5.92 Å².